The van der Waals surface area contributed by atoms with Crippen LogP contribution in [0.4, 0.5) is 0 Å². The van der Waals surface area contributed by atoms with Crippen LogP contribution in [0.15, 0.2) is 24.3 Å². The lowest BCUT2D eigenvalue weighted by molar-refractivity contribution is -0.124. The number of hydrogen-bond acceptors (Lipinski definition) is 2. The van der Waals surface area contributed by atoms with Gasteiger partial charge in [-0.1, -0.05) is 24.3 Å². The minimum atomic E-state index is -0.596. The van der Waals surface area contributed by atoms with Crippen LogP contribution in [0.1, 0.15) is 42.7 Å². The molecule has 0 radical (unpaired) electrons. The van der Waals surface area contributed by atoms with Gasteiger partial charge in [0.25, 0.3) is 0 Å². The highest BCUT2D eigenvalue weighted by atomic mass is 16.2. The monoisotopic (exact) mass is 240 g/mol. The number of fused-ring (bicyclic) bond motifs is 1. The molecule has 0 spiro atoms. The maximum atomic E-state index is 12.2. The number of carbonyl (C=O) groups excluding carboxylic acids is 1. The number of amides is 1. The summed E-state index contributed by atoms with van der Waals surface area (Å²) in [6.07, 6.45) is 4.47. The third kappa shape index (κ3) is 1.69. The van der Waals surface area contributed by atoms with Gasteiger partial charge in [0, 0.05) is 0 Å². The fraction of sp³-hybridized carbons (Fsp3) is 0.467. The Hall–Kier alpha value is -1.82. The summed E-state index contributed by atoms with van der Waals surface area (Å²) in [5, 5.41) is 12.3. The SMILES string of the molecule is N#CC1(NC(=O)C2Cc3ccccc32)CCCC1. The normalized spacial score (nSPS) is 23.6. The third-order valence-electron chi connectivity index (χ3n) is 4.20. The molecule has 1 unspecified atom stereocenters. The van der Waals surface area contributed by atoms with E-state index in [9.17, 15) is 10.1 Å². The molecule has 1 amide bonds. The molecule has 92 valence electrons. The van der Waals surface area contributed by atoms with Crippen molar-refractivity contribution in [1.82, 2.24) is 5.32 Å². The molecular weight excluding hydrogens is 224 g/mol. The van der Waals surface area contributed by atoms with Crippen LogP contribution in [0.5, 0.6) is 0 Å². The Kier molecular flexibility index (Phi) is 2.59. The number of hydrogen-bond donors (Lipinski definition) is 1. The summed E-state index contributed by atoms with van der Waals surface area (Å²) in [4.78, 5) is 12.2. The molecule has 18 heavy (non-hydrogen) atoms. The molecule has 0 bridgehead atoms. The van der Waals surface area contributed by atoms with Crippen molar-refractivity contribution in [2.45, 2.75) is 43.6 Å². The molecular formula is C15H16N2O. The quantitative estimate of drug-likeness (QED) is 0.862. The van der Waals surface area contributed by atoms with Crippen LogP contribution in [-0.4, -0.2) is 11.4 Å². The van der Waals surface area contributed by atoms with E-state index < -0.39 is 5.54 Å². The molecule has 3 rings (SSSR count). The molecule has 2 aliphatic rings. The summed E-state index contributed by atoms with van der Waals surface area (Å²) in [7, 11) is 0. The minimum Gasteiger partial charge on any atom is -0.337 e. The Labute approximate surface area is 107 Å². The molecule has 3 heteroatoms. The van der Waals surface area contributed by atoms with Gasteiger partial charge in [-0.15, -0.1) is 0 Å². The predicted octanol–water partition coefficient (Wildman–Crippen LogP) is 2.28. The zero-order valence-corrected chi connectivity index (χ0v) is 10.3. The van der Waals surface area contributed by atoms with Crippen molar-refractivity contribution >= 4 is 5.91 Å². The first kappa shape index (κ1) is 11.3. The first-order valence-electron chi connectivity index (χ1n) is 6.55. The second-order valence-electron chi connectivity index (χ2n) is 5.35. The molecule has 0 saturated heterocycles. The number of nitrogens with zero attached hydrogens (tertiary/aromatic N) is 1. The van der Waals surface area contributed by atoms with Gasteiger partial charge < -0.3 is 5.32 Å². The second kappa shape index (κ2) is 4.13. The Bertz CT molecular complexity index is 524. The number of carbonyl (C=O) groups is 1. The van der Waals surface area contributed by atoms with Crippen molar-refractivity contribution in [2.75, 3.05) is 0 Å². The van der Waals surface area contributed by atoms with E-state index in [1.54, 1.807) is 0 Å². The molecule has 0 heterocycles. The smallest absolute Gasteiger partial charge is 0.229 e. The van der Waals surface area contributed by atoms with Crippen LogP contribution in [0.3, 0.4) is 0 Å². The maximum absolute atomic E-state index is 12.2. The van der Waals surface area contributed by atoms with E-state index in [1.165, 1.54) is 5.56 Å². The van der Waals surface area contributed by atoms with E-state index in [4.69, 9.17) is 0 Å². The Balaban J connectivity index is 1.73. The highest BCUT2D eigenvalue weighted by Crippen LogP contribution is 2.36. The van der Waals surface area contributed by atoms with Gasteiger partial charge in [0.2, 0.25) is 5.91 Å². The van der Waals surface area contributed by atoms with Crippen molar-refractivity contribution < 1.29 is 4.79 Å². The van der Waals surface area contributed by atoms with E-state index in [-0.39, 0.29) is 11.8 Å². The van der Waals surface area contributed by atoms with Crippen LogP contribution in [-0.2, 0) is 11.2 Å². The first-order valence-corrected chi connectivity index (χ1v) is 6.55. The van der Waals surface area contributed by atoms with Crippen molar-refractivity contribution in [3.05, 3.63) is 35.4 Å². The van der Waals surface area contributed by atoms with E-state index in [0.717, 1.165) is 37.7 Å². The summed E-state index contributed by atoms with van der Waals surface area (Å²) in [6, 6.07) is 10.3. The topological polar surface area (TPSA) is 52.9 Å². The van der Waals surface area contributed by atoms with Crippen molar-refractivity contribution in [1.29, 1.82) is 5.26 Å². The van der Waals surface area contributed by atoms with Gasteiger partial charge in [-0.2, -0.15) is 5.26 Å². The molecule has 3 nitrogen and oxygen atoms in total. The van der Waals surface area contributed by atoms with E-state index in [0.29, 0.717) is 0 Å². The lowest BCUT2D eigenvalue weighted by Crippen LogP contribution is -2.48. The van der Waals surface area contributed by atoms with Gasteiger partial charge in [-0.3, -0.25) is 4.79 Å². The third-order valence-corrected chi connectivity index (χ3v) is 4.20. The summed E-state index contributed by atoms with van der Waals surface area (Å²) < 4.78 is 0. The number of nitrogens with one attached hydrogen (secondary N) is 1. The largest absolute Gasteiger partial charge is 0.337 e. The van der Waals surface area contributed by atoms with Crippen LogP contribution >= 0.6 is 0 Å². The molecule has 1 saturated carbocycles. The number of rotatable bonds is 2. The molecule has 1 N–H and O–H groups in total. The number of benzene rings is 1. The molecule has 1 aromatic carbocycles. The summed E-state index contributed by atoms with van der Waals surface area (Å²) >= 11 is 0. The standard InChI is InChI=1S/C15H16N2O/c16-10-15(7-3-4-8-15)17-14(18)13-9-11-5-1-2-6-12(11)13/h1-2,5-6,13H,3-4,7-9H2,(H,17,18). The molecule has 2 aliphatic carbocycles. The Morgan fingerprint density at radius 2 is 2.06 bits per heavy atom. The highest BCUT2D eigenvalue weighted by molar-refractivity contribution is 5.87. The summed E-state index contributed by atoms with van der Waals surface area (Å²) in [6.45, 7) is 0. The van der Waals surface area contributed by atoms with Crippen molar-refractivity contribution in [2.24, 2.45) is 0 Å². The molecule has 0 aliphatic heterocycles. The fourth-order valence-corrected chi connectivity index (χ4v) is 3.06. The van der Waals surface area contributed by atoms with Crippen LogP contribution in [0.25, 0.3) is 0 Å². The number of nitriles is 1. The van der Waals surface area contributed by atoms with E-state index in [1.807, 2.05) is 18.2 Å². The van der Waals surface area contributed by atoms with Gasteiger partial charge in [0.15, 0.2) is 0 Å². The van der Waals surface area contributed by atoms with Gasteiger partial charge in [0.05, 0.1) is 12.0 Å². The van der Waals surface area contributed by atoms with Gasteiger partial charge in [0.1, 0.15) is 5.54 Å². The van der Waals surface area contributed by atoms with Crippen LogP contribution < -0.4 is 5.32 Å². The molecule has 1 fully saturated rings. The zero-order chi connectivity index (χ0) is 12.6. The maximum Gasteiger partial charge on any atom is 0.229 e. The van der Waals surface area contributed by atoms with Gasteiger partial charge in [-0.25, -0.2) is 0 Å². The minimum absolute atomic E-state index is 0.0251. The average Bonchev–Trinajstić information content (AvgIpc) is 2.80. The Morgan fingerprint density at radius 3 is 2.72 bits per heavy atom. The van der Waals surface area contributed by atoms with E-state index in [2.05, 4.69) is 17.5 Å². The molecule has 0 aromatic heterocycles. The Morgan fingerprint density at radius 1 is 1.33 bits per heavy atom. The second-order valence-corrected chi connectivity index (χ2v) is 5.35. The van der Waals surface area contributed by atoms with Crippen LogP contribution in [0.2, 0.25) is 0 Å². The lowest BCUT2D eigenvalue weighted by Gasteiger charge is -2.32. The lowest BCUT2D eigenvalue weighted by atomic mass is 9.76. The highest BCUT2D eigenvalue weighted by Gasteiger charge is 2.39. The van der Waals surface area contributed by atoms with Crippen molar-refractivity contribution in [3.8, 4) is 6.07 Å². The molecule has 1 atom stereocenters. The summed E-state index contributed by atoms with van der Waals surface area (Å²) in [5.41, 5.74) is 1.79. The predicted molar refractivity (Wildman–Crippen MR) is 67.8 cm³/mol. The summed E-state index contributed by atoms with van der Waals surface area (Å²) in [5.74, 6) is -0.0239. The first-order chi connectivity index (χ1) is 8.74. The van der Waals surface area contributed by atoms with Gasteiger partial charge in [-0.05, 0) is 43.2 Å². The molecule has 1 aromatic rings. The van der Waals surface area contributed by atoms with E-state index >= 15 is 0 Å². The van der Waals surface area contributed by atoms with Gasteiger partial charge >= 0.3 is 0 Å². The fourth-order valence-electron chi connectivity index (χ4n) is 3.06. The zero-order valence-electron chi connectivity index (χ0n) is 10.3. The average molecular weight is 240 g/mol. The van der Waals surface area contributed by atoms with Crippen molar-refractivity contribution in [3.63, 3.8) is 0 Å². The van der Waals surface area contributed by atoms with Crippen LogP contribution in [0, 0.1) is 11.3 Å².